The highest BCUT2D eigenvalue weighted by Gasteiger charge is 2.12. The molecule has 0 aliphatic heterocycles. The maximum Gasteiger partial charge on any atom is 0.242 e. The number of hydrogen-bond acceptors (Lipinski definition) is 6. The Morgan fingerprint density at radius 3 is 2.79 bits per heavy atom. The Morgan fingerprint density at radius 2 is 2.08 bits per heavy atom. The molecule has 1 aromatic carbocycles. The number of benzene rings is 1. The monoisotopic (exact) mass is 345 g/mol. The highest BCUT2D eigenvalue weighted by atomic mass is 32.2. The van der Waals surface area contributed by atoms with E-state index < -0.39 is 10.0 Å². The summed E-state index contributed by atoms with van der Waals surface area (Å²) >= 11 is 0. The molecule has 9 heteroatoms. The van der Waals surface area contributed by atoms with E-state index in [1.54, 1.807) is 24.1 Å². The molecule has 0 radical (unpaired) electrons. The van der Waals surface area contributed by atoms with Crippen LogP contribution in [0.25, 0.3) is 17.5 Å². The van der Waals surface area contributed by atoms with E-state index in [1.165, 1.54) is 6.08 Å². The molecule has 0 atom stereocenters. The van der Waals surface area contributed by atoms with Crippen LogP contribution in [0.15, 0.2) is 52.7 Å². The van der Waals surface area contributed by atoms with Crippen molar-refractivity contribution in [3.05, 3.63) is 59.6 Å². The van der Waals surface area contributed by atoms with Gasteiger partial charge < -0.3 is 4.52 Å². The molecule has 0 unspecified atom stereocenters. The molecule has 2 aromatic heterocycles. The van der Waals surface area contributed by atoms with E-state index in [4.69, 9.17) is 4.52 Å². The van der Waals surface area contributed by atoms with Crippen molar-refractivity contribution in [1.82, 2.24) is 24.6 Å². The predicted molar refractivity (Wildman–Crippen MR) is 87.7 cm³/mol. The zero-order valence-electron chi connectivity index (χ0n) is 12.8. The van der Waals surface area contributed by atoms with E-state index in [-0.39, 0.29) is 12.4 Å². The van der Waals surface area contributed by atoms with Crippen molar-refractivity contribution in [3.63, 3.8) is 0 Å². The molecule has 0 amide bonds. The molecule has 2 heterocycles. The third-order valence-corrected chi connectivity index (χ3v) is 4.14. The second-order valence-electron chi connectivity index (χ2n) is 4.99. The summed E-state index contributed by atoms with van der Waals surface area (Å²) in [6, 6.07) is 9.14. The highest BCUT2D eigenvalue weighted by Crippen LogP contribution is 2.14. The lowest BCUT2D eigenvalue weighted by molar-refractivity contribution is 0.376. The van der Waals surface area contributed by atoms with Gasteiger partial charge in [-0.2, -0.15) is 10.1 Å². The van der Waals surface area contributed by atoms with Crippen LogP contribution in [0.5, 0.6) is 0 Å². The van der Waals surface area contributed by atoms with Crippen LogP contribution < -0.4 is 4.72 Å². The van der Waals surface area contributed by atoms with Gasteiger partial charge >= 0.3 is 0 Å². The minimum absolute atomic E-state index is 0.0886. The normalized spacial score (nSPS) is 12.0. The van der Waals surface area contributed by atoms with Crippen LogP contribution in [0.3, 0.4) is 0 Å². The Labute approximate surface area is 138 Å². The zero-order valence-corrected chi connectivity index (χ0v) is 13.6. The van der Waals surface area contributed by atoms with Crippen molar-refractivity contribution in [2.75, 3.05) is 0 Å². The summed E-state index contributed by atoms with van der Waals surface area (Å²) in [5.41, 5.74) is 1.49. The largest absolute Gasteiger partial charge is 0.338 e. The summed E-state index contributed by atoms with van der Waals surface area (Å²) in [6.45, 7) is -0.0886. The number of nitrogens with zero attached hydrogens (tertiary/aromatic N) is 4. The Morgan fingerprint density at radius 1 is 1.29 bits per heavy atom. The summed E-state index contributed by atoms with van der Waals surface area (Å²) < 4.78 is 32.9. The van der Waals surface area contributed by atoms with Crippen molar-refractivity contribution in [3.8, 4) is 11.4 Å². The molecular weight excluding hydrogens is 330 g/mol. The number of nitrogens with one attached hydrogen (secondary N) is 1. The van der Waals surface area contributed by atoms with Crippen molar-refractivity contribution in [2.24, 2.45) is 7.05 Å². The molecule has 3 aromatic rings. The van der Waals surface area contributed by atoms with Crippen molar-refractivity contribution in [1.29, 1.82) is 0 Å². The number of aryl methyl sites for hydroxylation is 1. The van der Waals surface area contributed by atoms with E-state index in [0.717, 1.165) is 11.0 Å². The molecule has 0 aliphatic rings. The molecule has 0 fully saturated rings. The average Bonchev–Trinajstić information content (AvgIpc) is 3.21. The molecule has 0 bridgehead atoms. The van der Waals surface area contributed by atoms with Gasteiger partial charge in [-0.1, -0.05) is 35.5 Å². The van der Waals surface area contributed by atoms with Gasteiger partial charge in [0.25, 0.3) is 0 Å². The maximum atomic E-state index is 12.0. The van der Waals surface area contributed by atoms with Gasteiger partial charge in [0, 0.05) is 18.7 Å². The van der Waals surface area contributed by atoms with E-state index in [0.29, 0.717) is 11.4 Å². The van der Waals surface area contributed by atoms with Gasteiger partial charge in [0.2, 0.25) is 21.7 Å². The summed E-state index contributed by atoms with van der Waals surface area (Å²) in [5.74, 6) is 0.530. The molecular formula is C15H15N5O3S. The molecule has 3 rings (SSSR count). The van der Waals surface area contributed by atoms with Gasteiger partial charge in [-0.15, -0.1) is 0 Å². The SMILES string of the molecule is Cn1cc(-c2noc(CNS(=O)(=O)C=Cc3ccccc3)n2)cn1. The van der Waals surface area contributed by atoms with Crippen molar-refractivity contribution in [2.45, 2.75) is 6.54 Å². The Hall–Kier alpha value is -2.78. The first-order chi connectivity index (χ1) is 11.5. The molecule has 0 saturated carbocycles. The minimum Gasteiger partial charge on any atom is -0.338 e. The fourth-order valence-electron chi connectivity index (χ4n) is 1.92. The van der Waals surface area contributed by atoms with E-state index in [9.17, 15) is 8.42 Å². The number of hydrogen-bond donors (Lipinski definition) is 1. The van der Waals surface area contributed by atoms with Gasteiger partial charge in [0.05, 0.1) is 18.3 Å². The fourth-order valence-corrected chi connectivity index (χ4v) is 2.68. The topological polar surface area (TPSA) is 103 Å². The number of sulfonamides is 1. The smallest absolute Gasteiger partial charge is 0.242 e. The second kappa shape index (κ2) is 6.77. The van der Waals surface area contributed by atoms with E-state index in [2.05, 4.69) is 20.0 Å². The molecule has 0 saturated heterocycles. The van der Waals surface area contributed by atoms with Gasteiger partial charge in [0.1, 0.15) is 0 Å². The summed E-state index contributed by atoms with van der Waals surface area (Å²) in [7, 11) is -1.83. The predicted octanol–water partition coefficient (Wildman–Crippen LogP) is 1.56. The maximum absolute atomic E-state index is 12.0. The quantitative estimate of drug-likeness (QED) is 0.727. The molecule has 8 nitrogen and oxygen atoms in total. The standard InChI is InChI=1S/C15H15N5O3S/c1-20-11-13(9-16-20)15-18-14(23-19-15)10-17-24(21,22)8-7-12-5-3-2-4-6-12/h2-9,11,17H,10H2,1H3. The van der Waals surface area contributed by atoms with Crippen LogP contribution >= 0.6 is 0 Å². The molecule has 24 heavy (non-hydrogen) atoms. The summed E-state index contributed by atoms with van der Waals surface area (Å²) in [4.78, 5) is 4.13. The van der Waals surface area contributed by atoms with Crippen molar-refractivity contribution < 1.29 is 12.9 Å². The van der Waals surface area contributed by atoms with Gasteiger partial charge in [0.15, 0.2) is 0 Å². The van der Waals surface area contributed by atoms with Crippen LogP contribution in [0.1, 0.15) is 11.5 Å². The van der Waals surface area contributed by atoms with Crippen LogP contribution in [0.2, 0.25) is 0 Å². The van der Waals surface area contributed by atoms with E-state index >= 15 is 0 Å². The van der Waals surface area contributed by atoms with Gasteiger partial charge in [-0.05, 0) is 11.6 Å². The van der Waals surface area contributed by atoms with E-state index in [1.807, 2.05) is 30.3 Å². The molecule has 124 valence electrons. The highest BCUT2D eigenvalue weighted by molar-refractivity contribution is 7.92. The molecule has 1 N–H and O–H groups in total. The van der Waals surface area contributed by atoms with Gasteiger partial charge in [-0.3, -0.25) is 4.68 Å². The third kappa shape index (κ3) is 4.15. The second-order valence-corrected chi connectivity index (χ2v) is 6.64. The summed E-state index contributed by atoms with van der Waals surface area (Å²) in [6.07, 6.45) is 4.85. The van der Waals surface area contributed by atoms with Crippen LogP contribution in [-0.2, 0) is 23.6 Å². The fraction of sp³-hybridized carbons (Fsp3) is 0.133. The van der Waals surface area contributed by atoms with Crippen LogP contribution in [0.4, 0.5) is 0 Å². The third-order valence-electron chi connectivity index (χ3n) is 3.09. The zero-order chi connectivity index (χ0) is 17.0. The number of rotatable bonds is 6. The Balaban J connectivity index is 1.63. The number of aromatic nitrogens is 4. The molecule has 0 aliphatic carbocycles. The average molecular weight is 345 g/mol. The Kier molecular flexibility index (Phi) is 4.54. The van der Waals surface area contributed by atoms with Gasteiger partial charge in [-0.25, -0.2) is 13.1 Å². The Bertz CT molecular complexity index is 944. The first kappa shape index (κ1) is 16.1. The van der Waals surface area contributed by atoms with Crippen LogP contribution in [0, 0.1) is 0 Å². The lowest BCUT2D eigenvalue weighted by Crippen LogP contribution is -2.20. The molecule has 0 spiro atoms. The lowest BCUT2D eigenvalue weighted by atomic mass is 10.2. The first-order valence-corrected chi connectivity index (χ1v) is 8.61. The lowest BCUT2D eigenvalue weighted by Gasteiger charge is -1.98. The summed E-state index contributed by atoms with van der Waals surface area (Å²) in [5, 5.41) is 8.91. The minimum atomic E-state index is -3.60. The van der Waals surface area contributed by atoms with Crippen LogP contribution in [-0.4, -0.2) is 28.3 Å². The first-order valence-electron chi connectivity index (χ1n) is 7.06. The van der Waals surface area contributed by atoms with Crippen molar-refractivity contribution >= 4 is 16.1 Å².